The Morgan fingerprint density at radius 2 is 2.29 bits per heavy atom. The first-order valence-electron chi connectivity index (χ1n) is 4.37. The monoisotopic (exact) mass is 270 g/mol. The van der Waals surface area contributed by atoms with Crippen molar-refractivity contribution in [1.29, 1.82) is 0 Å². The molecule has 2 rings (SSSR count). The topological polar surface area (TPSA) is 30.9 Å². The molecule has 0 aliphatic heterocycles. The van der Waals surface area contributed by atoms with Gasteiger partial charge in [0.05, 0.1) is 6.54 Å². The van der Waals surface area contributed by atoms with E-state index in [1.54, 1.807) is 11.3 Å². The molecule has 0 aliphatic carbocycles. The summed E-state index contributed by atoms with van der Waals surface area (Å²) in [4.78, 5) is 1.33. The fraction of sp³-hybridized carbons (Fsp3) is 0.200. The zero-order valence-corrected chi connectivity index (χ0v) is 10.0. The summed E-state index contributed by atoms with van der Waals surface area (Å²) in [5.74, 6) is 0. The van der Waals surface area contributed by atoms with E-state index in [1.165, 1.54) is 15.0 Å². The Hall–Kier alpha value is -0.580. The van der Waals surface area contributed by atoms with Crippen molar-refractivity contribution in [1.82, 2.24) is 4.57 Å². The summed E-state index contributed by atoms with van der Waals surface area (Å²) >= 11 is 5.28. The number of nitrogens with zero attached hydrogens (tertiary/aromatic N) is 1. The molecule has 0 unspecified atom stereocenters. The van der Waals surface area contributed by atoms with Crippen molar-refractivity contribution in [3.05, 3.63) is 44.8 Å². The van der Waals surface area contributed by atoms with Gasteiger partial charge in [0.15, 0.2) is 0 Å². The first-order valence-corrected chi connectivity index (χ1v) is 6.04. The molecular weight excluding hydrogens is 260 g/mol. The molecule has 0 spiro atoms. The van der Waals surface area contributed by atoms with Crippen molar-refractivity contribution in [3.8, 4) is 0 Å². The van der Waals surface area contributed by atoms with Crippen molar-refractivity contribution in [2.24, 2.45) is 5.73 Å². The summed E-state index contributed by atoms with van der Waals surface area (Å²) in [6.45, 7) is 1.49. The number of hydrogen-bond donors (Lipinski definition) is 1. The van der Waals surface area contributed by atoms with Gasteiger partial charge < -0.3 is 10.3 Å². The molecule has 14 heavy (non-hydrogen) atoms. The van der Waals surface area contributed by atoms with Crippen molar-refractivity contribution in [2.45, 2.75) is 13.1 Å². The lowest BCUT2D eigenvalue weighted by Gasteiger charge is -2.06. The third-order valence-corrected chi connectivity index (χ3v) is 4.05. The van der Waals surface area contributed by atoms with Crippen LogP contribution in [0.4, 0.5) is 0 Å². The molecule has 0 aliphatic rings. The van der Waals surface area contributed by atoms with Crippen LogP contribution in [0.25, 0.3) is 0 Å². The molecule has 0 atom stereocenters. The van der Waals surface area contributed by atoms with Crippen LogP contribution in [-0.4, -0.2) is 4.57 Å². The molecule has 2 aromatic heterocycles. The number of aromatic nitrogens is 1. The lowest BCUT2D eigenvalue weighted by atomic mass is 10.4. The molecular formula is C10H11BrN2S. The predicted octanol–water partition coefficient (Wildman–Crippen LogP) is 2.82. The number of rotatable bonds is 3. The van der Waals surface area contributed by atoms with E-state index in [-0.39, 0.29) is 0 Å². The largest absolute Gasteiger partial charge is 0.345 e. The lowest BCUT2D eigenvalue weighted by Crippen LogP contribution is -2.06. The van der Waals surface area contributed by atoms with Crippen LogP contribution in [0, 0.1) is 0 Å². The molecule has 2 heterocycles. The van der Waals surface area contributed by atoms with E-state index in [4.69, 9.17) is 5.73 Å². The van der Waals surface area contributed by atoms with E-state index in [1.807, 2.05) is 6.07 Å². The Morgan fingerprint density at radius 3 is 2.93 bits per heavy atom. The highest BCUT2D eigenvalue weighted by molar-refractivity contribution is 9.10. The van der Waals surface area contributed by atoms with E-state index in [0.717, 1.165) is 6.54 Å². The van der Waals surface area contributed by atoms with Gasteiger partial charge in [-0.1, -0.05) is 0 Å². The molecule has 2 aromatic rings. The van der Waals surface area contributed by atoms with Crippen molar-refractivity contribution in [3.63, 3.8) is 0 Å². The van der Waals surface area contributed by atoms with Gasteiger partial charge in [0.1, 0.15) is 0 Å². The molecule has 0 bridgehead atoms. The second kappa shape index (κ2) is 4.29. The maximum atomic E-state index is 5.63. The molecule has 0 radical (unpaired) electrons. The maximum Gasteiger partial charge on any atom is 0.0578 e. The van der Waals surface area contributed by atoms with Crippen LogP contribution >= 0.6 is 27.3 Å². The fourth-order valence-electron chi connectivity index (χ4n) is 1.38. The van der Waals surface area contributed by atoms with Crippen LogP contribution < -0.4 is 5.73 Å². The third-order valence-electron chi connectivity index (χ3n) is 2.14. The molecule has 0 aromatic carbocycles. The summed E-state index contributed by atoms with van der Waals surface area (Å²) in [5.41, 5.74) is 6.80. The Labute approximate surface area is 95.5 Å². The first kappa shape index (κ1) is 9.96. The standard InChI is InChI=1S/C10H11BrN2S/c11-9-3-5-14-10(9)7-13-4-1-2-8(13)6-12/h1-5H,6-7,12H2. The Bertz CT molecular complexity index is 419. The molecule has 0 saturated carbocycles. The average Bonchev–Trinajstić information content (AvgIpc) is 2.77. The normalized spacial score (nSPS) is 10.7. The molecule has 2 N–H and O–H groups in total. The highest BCUT2D eigenvalue weighted by Crippen LogP contribution is 2.24. The summed E-state index contributed by atoms with van der Waals surface area (Å²) < 4.78 is 3.36. The van der Waals surface area contributed by atoms with E-state index in [0.29, 0.717) is 6.54 Å². The van der Waals surface area contributed by atoms with Crippen LogP contribution in [0.5, 0.6) is 0 Å². The van der Waals surface area contributed by atoms with E-state index in [2.05, 4.69) is 44.2 Å². The summed E-state index contributed by atoms with van der Waals surface area (Å²) in [7, 11) is 0. The quantitative estimate of drug-likeness (QED) is 0.914. The van der Waals surface area contributed by atoms with Gasteiger partial charge in [-0.05, 0) is 39.5 Å². The van der Waals surface area contributed by atoms with Gasteiger partial charge in [-0.3, -0.25) is 0 Å². The summed E-state index contributed by atoms with van der Waals surface area (Å²) in [6, 6.07) is 6.16. The minimum Gasteiger partial charge on any atom is -0.345 e. The highest BCUT2D eigenvalue weighted by atomic mass is 79.9. The molecule has 0 saturated heterocycles. The predicted molar refractivity (Wildman–Crippen MR) is 63.4 cm³/mol. The van der Waals surface area contributed by atoms with E-state index >= 15 is 0 Å². The average molecular weight is 271 g/mol. The smallest absolute Gasteiger partial charge is 0.0578 e. The summed E-state index contributed by atoms with van der Waals surface area (Å²) in [5, 5.41) is 2.09. The number of hydrogen-bond acceptors (Lipinski definition) is 2. The Kier molecular flexibility index (Phi) is 3.05. The maximum absolute atomic E-state index is 5.63. The number of halogens is 1. The molecule has 0 amide bonds. The van der Waals surface area contributed by atoms with Crippen LogP contribution in [0.2, 0.25) is 0 Å². The Morgan fingerprint density at radius 1 is 1.43 bits per heavy atom. The molecule has 4 heteroatoms. The molecule has 2 nitrogen and oxygen atoms in total. The fourth-order valence-corrected chi connectivity index (χ4v) is 2.86. The van der Waals surface area contributed by atoms with Gasteiger partial charge in [0.25, 0.3) is 0 Å². The molecule has 0 fully saturated rings. The van der Waals surface area contributed by atoms with E-state index < -0.39 is 0 Å². The summed E-state index contributed by atoms with van der Waals surface area (Å²) in [6.07, 6.45) is 2.06. The lowest BCUT2D eigenvalue weighted by molar-refractivity contribution is 0.751. The van der Waals surface area contributed by atoms with Crippen molar-refractivity contribution < 1.29 is 0 Å². The van der Waals surface area contributed by atoms with Crippen LogP contribution in [0.1, 0.15) is 10.6 Å². The van der Waals surface area contributed by atoms with Gasteiger partial charge in [-0.2, -0.15) is 0 Å². The minimum absolute atomic E-state index is 0.593. The zero-order chi connectivity index (χ0) is 9.97. The molecule has 74 valence electrons. The highest BCUT2D eigenvalue weighted by Gasteiger charge is 2.04. The minimum atomic E-state index is 0.593. The van der Waals surface area contributed by atoms with Crippen LogP contribution in [-0.2, 0) is 13.1 Å². The second-order valence-corrected chi connectivity index (χ2v) is 4.88. The van der Waals surface area contributed by atoms with Gasteiger partial charge in [0, 0.05) is 27.8 Å². The van der Waals surface area contributed by atoms with Gasteiger partial charge in [0.2, 0.25) is 0 Å². The van der Waals surface area contributed by atoms with Gasteiger partial charge in [-0.15, -0.1) is 11.3 Å². The van der Waals surface area contributed by atoms with Gasteiger partial charge >= 0.3 is 0 Å². The first-order chi connectivity index (χ1) is 6.81. The SMILES string of the molecule is NCc1cccn1Cc1sccc1Br. The second-order valence-electron chi connectivity index (χ2n) is 3.02. The van der Waals surface area contributed by atoms with E-state index in [9.17, 15) is 0 Å². The van der Waals surface area contributed by atoms with Crippen LogP contribution in [0.15, 0.2) is 34.2 Å². The van der Waals surface area contributed by atoms with Crippen molar-refractivity contribution >= 4 is 27.3 Å². The van der Waals surface area contributed by atoms with Gasteiger partial charge in [-0.25, -0.2) is 0 Å². The number of thiophene rings is 1. The zero-order valence-electron chi connectivity index (χ0n) is 7.61. The van der Waals surface area contributed by atoms with Crippen molar-refractivity contribution in [2.75, 3.05) is 0 Å². The van der Waals surface area contributed by atoms with Crippen LogP contribution in [0.3, 0.4) is 0 Å². The Balaban J connectivity index is 2.22. The number of nitrogens with two attached hydrogens (primary N) is 1. The third kappa shape index (κ3) is 1.92.